The average Bonchev–Trinajstić information content (AvgIpc) is 2.35. The number of aryl methyl sites for hydroxylation is 2. The summed E-state index contributed by atoms with van der Waals surface area (Å²) in [7, 11) is 0. The van der Waals surface area contributed by atoms with Crippen LogP contribution in [0, 0.1) is 13.8 Å². The number of aliphatic carboxylic acids is 1. The number of rotatable bonds is 8. The van der Waals surface area contributed by atoms with Crippen molar-refractivity contribution in [1.29, 1.82) is 0 Å². The van der Waals surface area contributed by atoms with Gasteiger partial charge in [0.2, 0.25) is 0 Å². The van der Waals surface area contributed by atoms with Crippen LogP contribution in [0.4, 0.5) is 0 Å². The van der Waals surface area contributed by atoms with Crippen molar-refractivity contribution >= 4 is 5.97 Å². The van der Waals surface area contributed by atoms with Crippen molar-refractivity contribution in [3.63, 3.8) is 0 Å². The Bertz CT molecular complexity index is 418. The molecule has 0 heterocycles. The van der Waals surface area contributed by atoms with E-state index in [2.05, 4.69) is 11.4 Å². The molecule has 0 saturated heterocycles. The summed E-state index contributed by atoms with van der Waals surface area (Å²) in [4.78, 5) is 11.0. The van der Waals surface area contributed by atoms with Crippen molar-refractivity contribution < 1.29 is 14.6 Å². The fourth-order valence-corrected chi connectivity index (χ4v) is 1.88. The lowest BCUT2D eigenvalue weighted by Crippen LogP contribution is -2.38. The molecule has 0 saturated carbocycles. The van der Waals surface area contributed by atoms with E-state index in [-0.39, 0.29) is 0 Å². The van der Waals surface area contributed by atoms with Crippen LogP contribution in [-0.4, -0.2) is 30.3 Å². The molecule has 0 spiro atoms. The van der Waals surface area contributed by atoms with Crippen LogP contribution in [0.2, 0.25) is 0 Å². The first-order chi connectivity index (χ1) is 9.04. The molecule has 1 atom stereocenters. The third-order valence-electron chi connectivity index (χ3n) is 2.93. The van der Waals surface area contributed by atoms with Crippen molar-refractivity contribution in [1.82, 2.24) is 5.32 Å². The van der Waals surface area contributed by atoms with Crippen molar-refractivity contribution in [2.24, 2.45) is 0 Å². The van der Waals surface area contributed by atoms with E-state index in [1.165, 1.54) is 5.56 Å². The summed E-state index contributed by atoms with van der Waals surface area (Å²) >= 11 is 0. The van der Waals surface area contributed by atoms with Gasteiger partial charge in [-0.05, 0) is 38.4 Å². The number of benzene rings is 1. The molecule has 0 aliphatic heterocycles. The second kappa shape index (κ2) is 7.79. The number of carboxylic acid groups (broad SMARTS) is 1. The molecule has 19 heavy (non-hydrogen) atoms. The van der Waals surface area contributed by atoms with Crippen LogP contribution in [-0.2, 0) is 4.79 Å². The van der Waals surface area contributed by atoms with E-state index in [1.807, 2.05) is 32.9 Å². The fraction of sp³-hybridized carbons (Fsp3) is 0.533. The normalized spacial score (nSPS) is 12.2. The van der Waals surface area contributed by atoms with E-state index in [9.17, 15) is 4.79 Å². The van der Waals surface area contributed by atoms with Crippen LogP contribution in [0.3, 0.4) is 0 Å². The molecule has 4 heteroatoms. The van der Waals surface area contributed by atoms with Crippen LogP contribution in [0.5, 0.6) is 5.75 Å². The molecular weight excluding hydrogens is 242 g/mol. The van der Waals surface area contributed by atoms with Gasteiger partial charge in [-0.25, -0.2) is 0 Å². The van der Waals surface area contributed by atoms with Crippen LogP contribution in [0.15, 0.2) is 18.2 Å². The van der Waals surface area contributed by atoms with E-state index in [0.29, 0.717) is 19.6 Å². The molecule has 0 bridgehead atoms. The molecule has 1 aromatic carbocycles. The minimum absolute atomic E-state index is 0.400. The van der Waals surface area contributed by atoms with E-state index in [1.54, 1.807) is 0 Å². The second-order valence-corrected chi connectivity index (χ2v) is 4.75. The largest absolute Gasteiger partial charge is 0.493 e. The van der Waals surface area contributed by atoms with Gasteiger partial charge in [-0.2, -0.15) is 0 Å². The lowest BCUT2D eigenvalue weighted by molar-refractivity contribution is -0.139. The maximum Gasteiger partial charge on any atom is 0.320 e. The van der Waals surface area contributed by atoms with Crippen LogP contribution in [0.1, 0.15) is 30.9 Å². The molecule has 2 N–H and O–H groups in total. The van der Waals surface area contributed by atoms with Crippen molar-refractivity contribution in [3.8, 4) is 5.75 Å². The second-order valence-electron chi connectivity index (χ2n) is 4.75. The number of carboxylic acids is 1. The Morgan fingerprint density at radius 2 is 2.16 bits per heavy atom. The molecule has 1 rings (SSSR count). The summed E-state index contributed by atoms with van der Waals surface area (Å²) in [5, 5.41) is 12.1. The van der Waals surface area contributed by atoms with Crippen LogP contribution >= 0.6 is 0 Å². The maximum atomic E-state index is 11.0. The molecule has 1 unspecified atom stereocenters. The minimum atomic E-state index is -0.822. The summed E-state index contributed by atoms with van der Waals surface area (Å²) in [6.45, 7) is 7.15. The zero-order chi connectivity index (χ0) is 14.3. The molecule has 106 valence electrons. The van der Waals surface area contributed by atoms with E-state index in [4.69, 9.17) is 9.84 Å². The number of nitrogens with one attached hydrogen (secondary N) is 1. The molecule has 1 aromatic rings. The highest BCUT2D eigenvalue weighted by Gasteiger charge is 2.16. The van der Waals surface area contributed by atoms with Crippen molar-refractivity contribution in [3.05, 3.63) is 29.3 Å². The zero-order valence-electron chi connectivity index (χ0n) is 11.9. The van der Waals surface area contributed by atoms with E-state index >= 15 is 0 Å². The van der Waals surface area contributed by atoms with E-state index < -0.39 is 12.0 Å². The van der Waals surface area contributed by atoms with Crippen LogP contribution in [0.25, 0.3) is 0 Å². The summed E-state index contributed by atoms with van der Waals surface area (Å²) in [6, 6.07) is 5.44. The lowest BCUT2D eigenvalue weighted by atomic mass is 10.1. The number of hydrogen-bond acceptors (Lipinski definition) is 3. The summed E-state index contributed by atoms with van der Waals surface area (Å²) in [5.74, 6) is 0.00269. The lowest BCUT2D eigenvalue weighted by Gasteiger charge is -2.15. The Balaban J connectivity index is 2.45. The first-order valence-electron chi connectivity index (χ1n) is 6.70. The first kappa shape index (κ1) is 15.5. The highest BCUT2D eigenvalue weighted by Crippen LogP contribution is 2.18. The SMILES string of the molecule is CCCNC(CCOc1ccc(C)cc1C)C(=O)O. The van der Waals surface area contributed by atoms with Crippen LogP contribution < -0.4 is 10.1 Å². The highest BCUT2D eigenvalue weighted by atomic mass is 16.5. The Hall–Kier alpha value is -1.55. The maximum absolute atomic E-state index is 11.0. The zero-order valence-corrected chi connectivity index (χ0v) is 11.9. The molecule has 0 aromatic heterocycles. The number of carbonyl (C=O) groups is 1. The Morgan fingerprint density at radius 3 is 2.74 bits per heavy atom. The fourth-order valence-electron chi connectivity index (χ4n) is 1.88. The van der Waals surface area contributed by atoms with Gasteiger partial charge < -0.3 is 15.2 Å². The van der Waals surface area contributed by atoms with Gasteiger partial charge >= 0.3 is 5.97 Å². The molecular formula is C15H23NO3. The van der Waals surface area contributed by atoms with Gasteiger partial charge in [0, 0.05) is 6.42 Å². The third kappa shape index (κ3) is 5.30. The van der Waals surface area contributed by atoms with E-state index in [0.717, 1.165) is 17.7 Å². The summed E-state index contributed by atoms with van der Waals surface area (Å²) in [6.07, 6.45) is 1.38. The van der Waals surface area contributed by atoms with Gasteiger partial charge in [-0.3, -0.25) is 4.79 Å². The van der Waals surface area contributed by atoms with Gasteiger partial charge in [0.25, 0.3) is 0 Å². The summed E-state index contributed by atoms with van der Waals surface area (Å²) < 4.78 is 5.65. The Kier molecular flexibility index (Phi) is 6.36. The molecule has 0 fully saturated rings. The predicted molar refractivity (Wildman–Crippen MR) is 75.7 cm³/mol. The Labute approximate surface area is 114 Å². The highest BCUT2D eigenvalue weighted by molar-refractivity contribution is 5.73. The number of ether oxygens (including phenoxy) is 1. The molecule has 4 nitrogen and oxygen atoms in total. The van der Waals surface area contributed by atoms with Gasteiger partial charge in [0.05, 0.1) is 6.61 Å². The van der Waals surface area contributed by atoms with Gasteiger partial charge in [0.1, 0.15) is 11.8 Å². The van der Waals surface area contributed by atoms with Gasteiger partial charge in [-0.15, -0.1) is 0 Å². The Morgan fingerprint density at radius 1 is 1.42 bits per heavy atom. The topological polar surface area (TPSA) is 58.6 Å². The third-order valence-corrected chi connectivity index (χ3v) is 2.93. The summed E-state index contributed by atoms with van der Waals surface area (Å²) in [5.41, 5.74) is 2.27. The van der Waals surface area contributed by atoms with Crippen molar-refractivity contribution in [2.45, 2.75) is 39.7 Å². The molecule has 0 amide bonds. The predicted octanol–water partition coefficient (Wildman–Crippen LogP) is 2.53. The van der Waals surface area contributed by atoms with Gasteiger partial charge in [0.15, 0.2) is 0 Å². The average molecular weight is 265 g/mol. The molecule has 0 aliphatic carbocycles. The monoisotopic (exact) mass is 265 g/mol. The van der Waals surface area contributed by atoms with Crippen molar-refractivity contribution in [2.75, 3.05) is 13.2 Å². The number of hydrogen-bond donors (Lipinski definition) is 2. The quantitative estimate of drug-likeness (QED) is 0.758. The smallest absolute Gasteiger partial charge is 0.320 e. The molecule has 0 radical (unpaired) electrons. The first-order valence-corrected chi connectivity index (χ1v) is 6.70. The minimum Gasteiger partial charge on any atom is -0.493 e. The van der Waals surface area contributed by atoms with Gasteiger partial charge in [-0.1, -0.05) is 24.6 Å². The standard InChI is InChI=1S/C15H23NO3/c1-4-8-16-13(15(17)18)7-9-19-14-6-5-11(2)10-12(14)3/h5-6,10,13,16H,4,7-9H2,1-3H3,(H,17,18). The molecule has 0 aliphatic rings.